The Bertz CT molecular complexity index is 762. The minimum Gasteiger partial charge on any atom is -0.489 e. The predicted octanol–water partition coefficient (Wildman–Crippen LogP) is 2.78. The molecule has 5 heteroatoms. The molecule has 0 spiro atoms. The zero-order valence-electron chi connectivity index (χ0n) is 14.3. The third-order valence-electron chi connectivity index (χ3n) is 4.70. The lowest BCUT2D eigenvalue weighted by molar-refractivity contribution is 0.330. The second-order valence-electron chi connectivity index (χ2n) is 6.97. The lowest BCUT2D eigenvalue weighted by Crippen LogP contribution is -2.39. The number of hydrogen-bond donors (Lipinski definition) is 1. The summed E-state index contributed by atoms with van der Waals surface area (Å²) < 4.78 is 7.91. The van der Waals surface area contributed by atoms with Gasteiger partial charge in [-0.15, -0.1) is 0 Å². The average Bonchev–Trinajstić information content (AvgIpc) is 3.03. The first kappa shape index (κ1) is 15.4. The summed E-state index contributed by atoms with van der Waals surface area (Å²) in [6.45, 7) is 6.72. The van der Waals surface area contributed by atoms with Gasteiger partial charge in [-0.3, -0.25) is 0 Å². The Kier molecular flexibility index (Phi) is 4.10. The van der Waals surface area contributed by atoms with Gasteiger partial charge in [-0.2, -0.15) is 5.10 Å². The quantitative estimate of drug-likeness (QED) is 0.939. The Balaban J connectivity index is 1.38. The van der Waals surface area contributed by atoms with Crippen LogP contribution in [0.1, 0.15) is 43.4 Å². The van der Waals surface area contributed by atoms with Crippen LogP contribution in [-0.4, -0.2) is 34.0 Å². The Morgan fingerprint density at radius 3 is 3.08 bits per heavy atom. The van der Waals surface area contributed by atoms with Crippen LogP contribution in [0.2, 0.25) is 0 Å². The third kappa shape index (κ3) is 3.08. The summed E-state index contributed by atoms with van der Waals surface area (Å²) in [7, 11) is 0. The number of nitrogens with zero attached hydrogens (tertiary/aromatic N) is 3. The van der Waals surface area contributed by atoms with Crippen LogP contribution in [0.25, 0.3) is 6.08 Å². The second kappa shape index (κ2) is 6.40. The van der Waals surface area contributed by atoms with Crippen molar-refractivity contribution >= 4 is 6.08 Å². The molecule has 0 fully saturated rings. The van der Waals surface area contributed by atoms with Crippen molar-refractivity contribution in [2.75, 3.05) is 13.2 Å². The molecular weight excluding hydrogens is 300 g/mol. The predicted molar refractivity (Wildman–Crippen MR) is 94.1 cm³/mol. The highest BCUT2D eigenvalue weighted by Gasteiger charge is 2.22. The Labute approximate surface area is 142 Å². The van der Waals surface area contributed by atoms with Crippen LogP contribution >= 0.6 is 0 Å². The number of nitrogens with one attached hydrogen (secondary N) is 1. The lowest BCUT2D eigenvalue weighted by atomic mass is 10.1. The van der Waals surface area contributed by atoms with E-state index in [9.17, 15) is 0 Å². The van der Waals surface area contributed by atoms with Crippen LogP contribution in [-0.2, 0) is 13.0 Å². The fraction of sp³-hybridized carbons (Fsp3) is 0.474. The smallest absolute Gasteiger partial charge is 0.153 e. The van der Waals surface area contributed by atoms with E-state index in [0.717, 1.165) is 43.3 Å². The lowest BCUT2D eigenvalue weighted by Gasteiger charge is -2.25. The van der Waals surface area contributed by atoms with Gasteiger partial charge < -0.3 is 10.1 Å². The van der Waals surface area contributed by atoms with Crippen molar-refractivity contribution in [1.82, 2.24) is 20.1 Å². The molecule has 0 aliphatic carbocycles. The minimum absolute atomic E-state index is 0.388. The Morgan fingerprint density at radius 1 is 1.33 bits per heavy atom. The second-order valence-corrected chi connectivity index (χ2v) is 6.97. The number of aromatic nitrogens is 3. The standard InChI is InChI=1S/C19H24N4O/c1-13(2)19-21-18-8-7-16(11-23(18)22-19)20-10-14-9-15-5-3-4-6-17(15)24-12-14/h3-6,9,13,16,20H,7-8,10-12H2,1-2H3/t16-/m0/s1. The molecule has 1 aromatic carbocycles. The monoisotopic (exact) mass is 324 g/mol. The molecule has 2 aliphatic heterocycles. The van der Waals surface area contributed by atoms with Crippen molar-refractivity contribution in [1.29, 1.82) is 0 Å². The molecule has 5 nitrogen and oxygen atoms in total. The van der Waals surface area contributed by atoms with Gasteiger partial charge in [-0.25, -0.2) is 9.67 Å². The summed E-state index contributed by atoms with van der Waals surface area (Å²) in [5.41, 5.74) is 2.46. The molecule has 0 saturated heterocycles. The molecule has 2 aromatic rings. The zero-order chi connectivity index (χ0) is 16.5. The first-order chi connectivity index (χ1) is 11.7. The van der Waals surface area contributed by atoms with Crippen molar-refractivity contribution < 1.29 is 4.74 Å². The van der Waals surface area contributed by atoms with E-state index in [1.807, 2.05) is 12.1 Å². The number of para-hydroxylation sites is 1. The highest BCUT2D eigenvalue weighted by atomic mass is 16.5. The molecule has 0 saturated carbocycles. The number of aryl methyl sites for hydroxylation is 1. The molecule has 0 amide bonds. The minimum atomic E-state index is 0.388. The maximum absolute atomic E-state index is 5.83. The van der Waals surface area contributed by atoms with E-state index in [0.29, 0.717) is 18.6 Å². The van der Waals surface area contributed by atoms with E-state index >= 15 is 0 Å². The molecule has 126 valence electrons. The van der Waals surface area contributed by atoms with E-state index in [1.54, 1.807) is 0 Å². The van der Waals surface area contributed by atoms with E-state index < -0.39 is 0 Å². The van der Waals surface area contributed by atoms with Gasteiger partial charge in [0.15, 0.2) is 5.82 Å². The van der Waals surface area contributed by atoms with E-state index in [2.05, 4.69) is 52.1 Å². The Morgan fingerprint density at radius 2 is 2.21 bits per heavy atom. The van der Waals surface area contributed by atoms with Crippen LogP contribution in [0.5, 0.6) is 5.75 Å². The van der Waals surface area contributed by atoms with Gasteiger partial charge in [-0.1, -0.05) is 32.0 Å². The fourth-order valence-corrected chi connectivity index (χ4v) is 3.28. The van der Waals surface area contributed by atoms with Gasteiger partial charge in [0, 0.05) is 30.5 Å². The molecule has 0 bridgehead atoms. The normalized spacial score (nSPS) is 19.5. The van der Waals surface area contributed by atoms with Gasteiger partial charge in [-0.05, 0) is 24.1 Å². The van der Waals surface area contributed by atoms with Crippen LogP contribution < -0.4 is 10.1 Å². The van der Waals surface area contributed by atoms with Gasteiger partial charge in [0.2, 0.25) is 0 Å². The van der Waals surface area contributed by atoms with Crippen molar-refractivity contribution in [3.05, 3.63) is 47.1 Å². The van der Waals surface area contributed by atoms with Crippen molar-refractivity contribution in [2.24, 2.45) is 0 Å². The number of benzene rings is 1. The average molecular weight is 324 g/mol. The molecule has 0 radical (unpaired) electrons. The maximum atomic E-state index is 5.83. The summed E-state index contributed by atoms with van der Waals surface area (Å²) in [4.78, 5) is 4.65. The first-order valence-corrected chi connectivity index (χ1v) is 8.77. The highest BCUT2D eigenvalue weighted by molar-refractivity contribution is 5.62. The molecule has 24 heavy (non-hydrogen) atoms. The van der Waals surface area contributed by atoms with Crippen LogP contribution in [0.15, 0.2) is 29.8 Å². The molecule has 0 unspecified atom stereocenters. The molecule has 3 heterocycles. The summed E-state index contributed by atoms with van der Waals surface area (Å²) >= 11 is 0. The number of hydrogen-bond acceptors (Lipinski definition) is 4. The summed E-state index contributed by atoms with van der Waals surface area (Å²) in [6, 6.07) is 8.63. The molecule has 4 rings (SSSR count). The summed E-state index contributed by atoms with van der Waals surface area (Å²) in [5.74, 6) is 3.46. The number of fused-ring (bicyclic) bond motifs is 2. The third-order valence-corrected chi connectivity index (χ3v) is 4.70. The number of ether oxygens (including phenoxy) is 1. The number of rotatable bonds is 4. The first-order valence-electron chi connectivity index (χ1n) is 8.77. The van der Waals surface area contributed by atoms with E-state index in [1.165, 1.54) is 11.1 Å². The molecule has 1 aromatic heterocycles. The SMILES string of the molecule is CC(C)c1nc2n(n1)C[C@@H](NCC1=Cc3ccccc3OC1)CC2. The molecular formula is C19H24N4O. The van der Waals surface area contributed by atoms with Crippen molar-refractivity contribution in [3.63, 3.8) is 0 Å². The van der Waals surface area contributed by atoms with Crippen LogP contribution in [0.4, 0.5) is 0 Å². The van der Waals surface area contributed by atoms with Gasteiger partial charge in [0.1, 0.15) is 18.2 Å². The van der Waals surface area contributed by atoms with Crippen molar-refractivity contribution in [3.8, 4) is 5.75 Å². The van der Waals surface area contributed by atoms with Crippen LogP contribution in [0, 0.1) is 0 Å². The topological polar surface area (TPSA) is 52.0 Å². The fourth-order valence-electron chi connectivity index (χ4n) is 3.28. The maximum Gasteiger partial charge on any atom is 0.153 e. The summed E-state index contributed by atoms with van der Waals surface area (Å²) in [5, 5.41) is 8.32. The van der Waals surface area contributed by atoms with Gasteiger partial charge in [0.05, 0.1) is 6.54 Å². The van der Waals surface area contributed by atoms with E-state index in [4.69, 9.17) is 4.74 Å². The molecule has 1 atom stereocenters. The van der Waals surface area contributed by atoms with Gasteiger partial charge in [0.25, 0.3) is 0 Å². The molecule has 2 aliphatic rings. The van der Waals surface area contributed by atoms with Crippen LogP contribution in [0.3, 0.4) is 0 Å². The highest BCUT2D eigenvalue weighted by Crippen LogP contribution is 2.25. The molecule has 1 N–H and O–H groups in total. The zero-order valence-corrected chi connectivity index (χ0v) is 14.3. The Hall–Kier alpha value is -2.14. The van der Waals surface area contributed by atoms with Crippen molar-refractivity contribution in [2.45, 2.75) is 45.2 Å². The largest absolute Gasteiger partial charge is 0.489 e. The van der Waals surface area contributed by atoms with E-state index in [-0.39, 0.29) is 0 Å². The summed E-state index contributed by atoms with van der Waals surface area (Å²) in [6.07, 6.45) is 4.35. The van der Waals surface area contributed by atoms with Gasteiger partial charge >= 0.3 is 0 Å².